The van der Waals surface area contributed by atoms with Gasteiger partial charge in [-0.3, -0.25) is 38.4 Å². The van der Waals surface area contributed by atoms with E-state index in [4.69, 9.17) is 55.9 Å². The monoisotopic (exact) mass is 1280 g/mol. The maximum absolute atomic E-state index is 12.2. The summed E-state index contributed by atoms with van der Waals surface area (Å²) in [5.41, 5.74) is 11.5. The number of carbonyl (C=O) groups excluding carboxylic acids is 4. The van der Waals surface area contributed by atoms with Crippen LogP contribution in [0.5, 0.6) is 0 Å². The summed E-state index contributed by atoms with van der Waals surface area (Å²) in [6, 6.07) is 3.44. The van der Waals surface area contributed by atoms with Crippen molar-refractivity contribution in [3.8, 4) is 0 Å². The molecule has 0 radical (unpaired) electrons. The Morgan fingerprint density at radius 1 is 0.723 bits per heavy atom. The number of aliphatic hydroxyl groups excluding tert-OH is 8. The van der Waals surface area contributed by atoms with Crippen LogP contribution in [0.15, 0.2) is 53.4 Å². The Hall–Kier alpha value is -4.81. The van der Waals surface area contributed by atoms with Crippen LogP contribution in [0.25, 0.3) is 10.2 Å². The highest BCUT2D eigenvalue weighted by molar-refractivity contribution is 8.77. The molecule has 4 rings (SSSR count). The van der Waals surface area contributed by atoms with E-state index in [1.807, 2.05) is 24.3 Å². The molecule has 2 fully saturated rings. The zero-order chi connectivity index (χ0) is 62.3. The fraction of sp³-hybridized carbons (Fsp3) is 0.596. The van der Waals surface area contributed by atoms with E-state index in [-0.39, 0.29) is 55.7 Å². The fourth-order valence-corrected chi connectivity index (χ4v) is 11.2. The Labute approximate surface area is 495 Å². The van der Waals surface area contributed by atoms with Crippen molar-refractivity contribution >= 4 is 115 Å². The number of hydrogen-bond donors (Lipinski definition) is 19. The lowest BCUT2D eigenvalue weighted by atomic mass is 9.99. The first-order chi connectivity index (χ1) is 39.3. The summed E-state index contributed by atoms with van der Waals surface area (Å²) >= 11 is 6.69. The topological polar surface area (TPSA) is 529 Å². The molecule has 3 heterocycles. The molecule has 4 amide bonds. The molecule has 468 valence electrons. The van der Waals surface area contributed by atoms with Gasteiger partial charge in [-0.25, -0.2) is 4.98 Å². The van der Waals surface area contributed by atoms with E-state index in [1.165, 1.54) is 33.3 Å². The number of fused-ring (bicyclic) bond motifs is 1. The van der Waals surface area contributed by atoms with Gasteiger partial charge in [-0.05, 0) is 35.8 Å². The number of ether oxygens (including phenoxy) is 4. The number of carboxylic acids is 4. The first-order valence-electron chi connectivity index (χ1n) is 24.8. The van der Waals surface area contributed by atoms with Crippen LogP contribution in [0, 0.1) is 0 Å². The van der Waals surface area contributed by atoms with Crippen LogP contribution in [0.2, 0.25) is 0 Å². The van der Waals surface area contributed by atoms with E-state index >= 15 is 0 Å². The first-order valence-corrected chi connectivity index (χ1v) is 29.6. The molecule has 0 aliphatic carbocycles. The van der Waals surface area contributed by atoms with Gasteiger partial charge in [-0.2, -0.15) is 24.4 Å². The smallest absolute Gasteiger partial charge is 0.322 e. The molecule has 0 saturated carbocycles. The van der Waals surface area contributed by atoms with Gasteiger partial charge in [-0.1, -0.05) is 41.2 Å². The Balaban J connectivity index is 0.000000444. The summed E-state index contributed by atoms with van der Waals surface area (Å²) in [5.74, 6) is -7.17. The molecule has 15 atom stereocenters. The predicted molar refractivity (Wildman–Crippen MR) is 302 cm³/mol. The second-order valence-corrected chi connectivity index (χ2v) is 22.7. The molecule has 36 heteroatoms. The van der Waals surface area contributed by atoms with Gasteiger partial charge in [0.1, 0.15) is 86.1 Å². The number of rotatable bonds is 33. The van der Waals surface area contributed by atoms with E-state index in [9.17, 15) is 74.1 Å². The van der Waals surface area contributed by atoms with Crippen molar-refractivity contribution in [2.45, 2.75) is 121 Å². The number of thiol groups is 1. The minimum Gasteiger partial charge on any atom is -0.480 e. The number of carbonyl (C=O) groups is 8. The van der Waals surface area contributed by atoms with Gasteiger partial charge in [0, 0.05) is 30.1 Å². The number of nitrogens with two attached hydrogens (primary N) is 2. The third-order valence-corrected chi connectivity index (χ3v) is 16.7. The Morgan fingerprint density at radius 2 is 1.22 bits per heavy atom. The van der Waals surface area contributed by atoms with E-state index in [0.29, 0.717) is 5.75 Å². The number of aromatic nitrogens is 1. The number of para-hydroxylation sites is 1. The highest BCUT2D eigenvalue weighted by atomic mass is 33.1. The van der Waals surface area contributed by atoms with Gasteiger partial charge < -0.3 is 113 Å². The van der Waals surface area contributed by atoms with Crippen LogP contribution in [0.4, 0.5) is 0 Å². The molecule has 20 N–H and O–H groups in total. The third kappa shape index (κ3) is 27.4. The first kappa shape index (κ1) is 74.3. The number of thioether (sulfide) groups is 1. The number of nitrogens with one attached hydrogen (secondary N) is 4. The minimum absolute atomic E-state index is 0.0256. The molecule has 2 saturated heterocycles. The summed E-state index contributed by atoms with van der Waals surface area (Å²) in [4.78, 5) is 94.1. The van der Waals surface area contributed by atoms with Crippen molar-refractivity contribution in [1.29, 1.82) is 0 Å². The molecular weight excluding hydrogens is 1210 g/mol. The number of nitrogens with zero attached hydrogens (tertiary/aromatic N) is 1. The molecule has 2 aliphatic heterocycles. The molecule has 31 nitrogen and oxygen atoms in total. The maximum Gasteiger partial charge on any atom is 0.322 e. The lowest BCUT2D eigenvalue weighted by molar-refractivity contribution is -0.300. The second kappa shape index (κ2) is 39.7. The van der Waals surface area contributed by atoms with Crippen LogP contribution >= 0.6 is 57.3 Å². The summed E-state index contributed by atoms with van der Waals surface area (Å²) in [7, 11) is 3.02. The highest BCUT2D eigenvalue weighted by Gasteiger charge is 2.45. The molecule has 1 aromatic carbocycles. The summed E-state index contributed by atoms with van der Waals surface area (Å²) in [6.07, 6.45) is -9.02. The van der Waals surface area contributed by atoms with E-state index in [0.717, 1.165) is 14.6 Å². The van der Waals surface area contributed by atoms with Gasteiger partial charge >= 0.3 is 23.9 Å². The molecule has 5 unspecified atom stereocenters. The zero-order valence-electron chi connectivity index (χ0n) is 44.0. The molecule has 0 spiro atoms. The van der Waals surface area contributed by atoms with E-state index in [2.05, 4.69) is 45.5 Å². The molecule has 83 heavy (non-hydrogen) atoms. The average molecular weight is 1280 g/mol. The number of hydrogen-bond acceptors (Lipinski definition) is 28. The van der Waals surface area contributed by atoms with Crippen molar-refractivity contribution in [3.05, 3.63) is 49.1 Å². The number of benzene rings is 1. The van der Waals surface area contributed by atoms with Crippen LogP contribution in [-0.4, -0.2) is 261 Å². The summed E-state index contributed by atoms with van der Waals surface area (Å²) < 4.78 is 23.4. The normalized spacial score (nSPS) is 24.0. The fourth-order valence-electron chi connectivity index (χ4n) is 6.57. The molecular formula is C47H71N7O24S5. The molecule has 1 aromatic heterocycles. The maximum atomic E-state index is 12.2. The van der Waals surface area contributed by atoms with Crippen molar-refractivity contribution < 1.29 is 119 Å². The van der Waals surface area contributed by atoms with Crippen LogP contribution < -0.4 is 32.7 Å². The minimum atomic E-state index is -1.56. The van der Waals surface area contributed by atoms with Crippen LogP contribution in [0.1, 0.15) is 25.7 Å². The van der Waals surface area contributed by atoms with Crippen molar-refractivity contribution in [1.82, 2.24) is 26.3 Å². The number of aliphatic hydroxyl groups is 8. The summed E-state index contributed by atoms with van der Waals surface area (Å²) in [5, 5.41) is 121. The standard InChI is InChI=1S/C20H33N3O12S.C17H21NO6S3.C10H17N3O6S/c21-10(19(32)33)3-4-13(25)23-11(18(31)22-7-14(26)27)9-36-6-2-1-5-34-20-17(30)16(29)15(28)12(8-24)35-20;1-2-9(26-27-17-18-10-5-3-4-6-12(10)25-17)8-23-16-15(22)14(21)13(20)11(7-19)24-16;11-5(10(18)19)1-2-7(14)13-6(4-20)9(17)12-3-8(15)16/h1-2,10-12,15-17,20,24,28-30H,3-9,21H2,(H,22,31)(H,23,25)(H,26,27)(H,32,33);2-6,9,11,13-16,19-22H,1,7-8H2;5-6,20H,1-4,11H2,(H,12,17)(H,13,14)(H,15,16)(H,18,19)/b2-1+;;/t10-,11-,12?,15+,16-,17?,20+;9?,11?,13-,14+,15?,16-;5-,6-/m010/s1. The largest absolute Gasteiger partial charge is 0.480 e. The quantitative estimate of drug-likeness (QED) is 0.0138. The van der Waals surface area contributed by atoms with Crippen LogP contribution in [0.3, 0.4) is 0 Å². The second-order valence-electron chi connectivity index (χ2n) is 17.6. The van der Waals surface area contributed by atoms with Crippen molar-refractivity contribution in [3.63, 3.8) is 0 Å². The number of thiazole rings is 1. The Kier molecular flexibility index (Phi) is 35.6. The lowest BCUT2D eigenvalue weighted by Gasteiger charge is -2.39. The van der Waals surface area contributed by atoms with Gasteiger partial charge in [-0.15, -0.1) is 17.9 Å². The van der Waals surface area contributed by atoms with Crippen LogP contribution in [-0.2, 0) is 57.3 Å². The van der Waals surface area contributed by atoms with Gasteiger partial charge in [0.25, 0.3) is 0 Å². The number of aliphatic carboxylic acids is 4. The Morgan fingerprint density at radius 3 is 1.69 bits per heavy atom. The molecule has 2 aromatic rings. The number of amides is 4. The molecule has 0 bridgehead atoms. The third-order valence-electron chi connectivity index (χ3n) is 11.2. The zero-order valence-corrected chi connectivity index (χ0v) is 48.2. The summed E-state index contributed by atoms with van der Waals surface area (Å²) in [6.45, 7) is 1.64. The SMILES string of the molecule is C=CC(CO[C@@H]1OC(CO)[C@@H](O)[C@H](O)C1O)SSc1nc2ccccc2s1.N[C@@H](CCC(=O)N[C@@H](CS)C(=O)NCC(=O)O)C(=O)O.N[C@@H](CCC(=O)N[C@@H](CSC/C=C/CO[C@@H]1OC(CO)[C@@H](O)[C@H](O)C1O)C(=O)NCC(=O)O)C(=O)O. The van der Waals surface area contributed by atoms with Gasteiger partial charge in [0.2, 0.25) is 23.6 Å². The molecule has 2 aliphatic rings. The van der Waals surface area contributed by atoms with E-state index < -0.39 is 159 Å². The van der Waals surface area contributed by atoms with E-state index in [1.54, 1.807) is 29.6 Å². The lowest BCUT2D eigenvalue weighted by Crippen LogP contribution is -2.59. The predicted octanol–water partition coefficient (Wildman–Crippen LogP) is -4.83. The number of carboxylic acid groups (broad SMARTS) is 4. The van der Waals surface area contributed by atoms with Crippen molar-refractivity contribution in [2.24, 2.45) is 11.5 Å². The highest BCUT2D eigenvalue weighted by Crippen LogP contribution is 2.39. The van der Waals surface area contributed by atoms with Gasteiger partial charge in [0.05, 0.1) is 41.9 Å². The van der Waals surface area contributed by atoms with Gasteiger partial charge in [0.15, 0.2) is 16.9 Å². The van der Waals surface area contributed by atoms with Crippen molar-refractivity contribution in [2.75, 3.05) is 56.8 Å². The Bertz CT molecular complexity index is 2380. The average Bonchev–Trinajstić information content (AvgIpc) is 3.91.